The Kier molecular flexibility index (Phi) is 6.22. The Morgan fingerprint density at radius 1 is 1.32 bits per heavy atom. The standard InChI is InChI=1S/C18H22N4O2S/c1-13(16(23)20-12-7-14-5-3-2-4-6-14)25-18-22-21-17(24-18)15-8-10-19-11-9-15/h5,8-11,13H,2-4,6-7,12H2,1H3,(H,20,23)/t13-/m1/s1. The molecule has 1 aliphatic rings. The molecule has 7 heteroatoms. The highest BCUT2D eigenvalue weighted by atomic mass is 32.2. The second-order valence-electron chi connectivity index (χ2n) is 6.02. The van der Waals surface area contributed by atoms with Gasteiger partial charge in [0.05, 0.1) is 5.25 Å². The molecule has 0 unspecified atom stereocenters. The lowest BCUT2D eigenvalue weighted by molar-refractivity contribution is -0.120. The van der Waals surface area contributed by atoms with Crippen LogP contribution in [0.3, 0.4) is 0 Å². The molecule has 0 radical (unpaired) electrons. The lowest BCUT2D eigenvalue weighted by Crippen LogP contribution is -2.31. The van der Waals surface area contributed by atoms with Crippen LogP contribution >= 0.6 is 11.8 Å². The second kappa shape index (κ2) is 8.80. The number of amides is 1. The molecule has 1 aliphatic carbocycles. The van der Waals surface area contributed by atoms with Crippen molar-refractivity contribution in [1.82, 2.24) is 20.5 Å². The van der Waals surface area contributed by atoms with Gasteiger partial charge in [0.1, 0.15) is 0 Å². The van der Waals surface area contributed by atoms with Gasteiger partial charge in [-0.25, -0.2) is 0 Å². The summed E-state index contributed by atoms with van der Waals surface area (Å²) in [7, 11) is 0. The molecular weight excluding hydrogens is 336 g/mol. The predicted octanol–water partition coefficient (Wildman–Crippen LogP) is 3.62. The molecule has 2 aromatic rings. The smallest absolute Gasteiger partial charge is 0.277 e. The molecule has 0 fully saturated rings. The zero-order valence-electron chi connectivity index (χ0n) is 14.3. The summed E-state index contributed by atoms with van der Waals surface area (Å²) >= 11 is 1.27. The Morgan fingerprint density at radius 2 is 2.16 bits per heavy atom. The average molecular weight is 358 g/mol. The quantitative estimate of drug-likeness (QED) is 0.601. The lowest BCUT2D eigenvalue weighted by atomic mass is 9.97. The van der Waals surface area contributed by atoms with E-state index >= 15 is 0 Å². The normalized spacial score (nSPS) is 15.5. The molecule has 1 N–H and O–H groups in total. The van der Waals surface area contributed by atoms with Gasteiger partial charge in [-0.2, -0.15) is 0 Å². The monoisotopic (exact) mass is 358 g/mol. The number of nitrogens with zero attached hydrogens (tertiary/aromatic N) is 3. The summed E-state index contributed by atoms with van der Waals surface area (Å²) in [5, 5.41) is 11.1. The summed E-state index contributed by atoms with van der Waals surface area (Å²) < 4.78 is 5.61. The fraction of sp³-hybridized carbons (Fsp3) is 0.444. The van der Waals surface area contributed by atoms with Gasteiger partial charge in [-0.1, -0.05) is 23.4 Å². The summed E-state index contributed by atoms with van der Waals surface area (Å²) in [5.41, 5.74) is 2.28. The second-order valence-corrected chi connectivity index (χ2v) is 7.31. The van der Waals surface area contributed by atoms with Gasteiger partial charge in [0.15, 0.2) is 0 Å². The summed E-state index contributed by atoms with van der Waals surface area (Å²) in [6.07, 6.45) is 11.5. The zero-order valence-corrected chi connectivity index (χ0v) is 15.1. The predicted molar refractivity (Wildman–Crippen MR) is 97.0 cm³/mol. The number of hydrogen-bond acceptors (Lipinski definition) is 6. The van der Waals surface area contributed by atoms with Gasteiger partial charge in [-0.3, -0.25) is 9.78 Å². The molecule has 1 atom stereocenters. The van der Waals surface area contributed by atoms with Crippen LogP contribution in [0.5, 0.6) is 0 Å². The third-order valence-electron chi connectivity index (χ3n) is 4.11. The molecule has 132 valence electrons. The van der Waals surface area contributed by atoms with E-state index in [-0.39, 0.29) is 11.2 Å². The van der Waals surface area contributed by atoms with Crippen LogP contribution in [0.2, 0.25) is 0 Å². The van der Waals surface area contributed by atoms with Crippen molar-refractivity contribution >= 4 is 17.7 Å². The van der Waals surface area contributed by atoms with E-state index in [1.54, 1.807) is 24.5 Å². The highest BCUT2D eigenvalue weighted by molar-refractivity contribution is 8.00. The third-order valence-corrected chi connectivity index (χ3v) is 5.05. The van der Waals surface area contributed by atoms with Crippen molar-refractivity contribution < 1.29 is 9.21 Å². The summed E-state index contributed by atoms with van der Waals surface area (Å²) in [6.45, 7) is 2.53. The van der Waals surface area contributed by atoms with E-state index < -0.39 is 0 Å². The van der Waals surface area contributed by atoms with E-state index in [0.717, 1.165) is 12.0 Å². The number of hydrogen-bond donors (Lipinski definition) is 1. The largest absolute Gasteiger partial charge is 0.411 e. The van der Waals surface area contributed by atoms with Crippen LogP contribution in [0.25, 0.3) is 11.5 Å². The number of allylic oxidation sites excluding steroid dienone is 1. The van der Waals surface area contributed by atoms with Crippen LogP contribution in [-0.2, 0) is 4.79 Å². The maximum absolute atomic E-state index is 12.2. The molecule has 3 rings (SSSR count). The molecular formula is C18H22N4O2S. The van der Waals surface area contributed by atoms with E-state index in [4.69, 9.17) is 4.42 Å². The minimum Gasteiger partial charge on any atom is -0.411 e. The molecule has 2 aromatic heterocycles. The van der Waals surface area contributed by atoms with Gasteiger partial charge < -0.3 is 9.73 Å². The Hall–Kier alpha value is -2.15. The SMILES string of the molecule is C[C@@H](Sc1nnc(-c2ccncc2)o1)C(=O)NCCC1=CCCCC1. The van der Waals surface area contributed by atoms with Crippen LogP contribution < -0.4 is 5.32 Å². The topological polar surface area (TPSA) is 80.9 Å². The van der Waals surface area contributed by atoms with Gasteiger partial charge >= 0.3 is 0 Å². The highest BCUT2D eigenvalue weighted by Gasteiger charge is 2.18. The fourth-order valence-electron chi connectivity index (χ4n) is 2.69. The first-order valence-corrected chi connectivity index (χ1v) is 9.46. The first-order chi connectivity index (χ1) is 12.2. The van der Waals surface area contributed by atoms with Crippen molar-refractivity contribution in [3.05, 3.63) is 36.2 Å². The molecule has 1 amide bonds. The minimum absolute atomic E-state index is 0.00919. The number of carbonyl (C=O) groups is 1. The summed E-state index contributed by atoms with van der Waals surface area (Å²) in [5.74, 6) is 0.423. The highest BCUT2D eigenvalue weighted by Crippen LogP contribution is 2.26. The van der Waals surface area contributed by atoms with Gasteiger partial charge in [0.2, 0.25) is 11.8 Å². The maximum Gasteiger partial charge on any atom is 0.277 e. The van der Waals surface area contributed by atoms with Crippen molar-refractivity contribution in [3.63, 3.8) is 0 Å². The lowest BCUT2D eigenvalue weighted by Gasteiger charge is -2.14. The Balaban J connectivity index is 1.46. The van der Waals surface area contributed by atoms with E-state index in [1.165, 1.54) is 43.0 Å². The van der Waals surface area contributed by atoms with Crippen LogP contribution in [0.15, 0.2) is 45.8 Å². The van der Waals surface area contributed by atoms with Crippen molar-refractivity contribution in [2.75, 3.05) is 6.54 Å². The van der Waals surface area contributed by atoms with E-state index in [0.29, 0.717) is 17.7 Å². The molecule has 25 heavy (non-hydrogen) atoms. The van der Waals surface area contributed by atoms with Crippen LogP contribution in [0, 0.1) is 0 Å². The third kappa shape index (κ3) is 5.16. The van der Waals surface area contributed by atoms with Gasteiger partial charge in [-0.05, 0) is 51.2 Å². The maximum atomic E-state index is 12.2. The Morgan fingerprint density at radius 3 is 2.92 bits per heavy atom. The van der Waals surface area contributed by atoms with Crippen molar-refractivity contribution in [2.24, 2.45) is 0 Å². The summed E-state index contributed by atoms with van der Waals surface area (Å²) in [6, 6.07) is 3.61. The Labute approximate surface area is 151 Å². The molecule has 0 aromatic carbocycles. The van der Waals surface area contributed by atoms with Crippen molar-refractivity contribution in [2.45, 2.75) is 49.5 Å². The Bertz CT molecular complexity index is 730. The number of aromatic nitrogens is 3. The van der Waals surface area contributed by atoms with Gasteiger partial charge in [-0.15, -0.1) is 10.2 Å². The van der Waals surface area contributed by atoms with Gasteiger partial charge in [0.25, 0.3) is 5.22 Å². The molecule has 0 aliphatic heterocycles. The molecule has 0 spiro atoms. The van der Waals surface area contributed by atoms with Crippen molar-refractivity contribution in [1.29, 1.82) is 0 Å². The van der Waals surface area contributed by atoms with E-state index in [2.05, 4.69) is 26.6 Å². The number of thioether (sulfide) groups is 1. The molecule has 2 heterocycles. The van der Waals surface area contributed by atoms with Crippen LogP contribution in [0.4, 0.5) is 0 Å². The minimum atomic E-state index is -0.286. The fourth-order valence-corrected chi connectivity index (χ4v) is 3.40. The molecule has 0 saturated carbocycles. The number of pyridine rings is 1. The van der Waals surface area contributed by atoms with E-state index in [9.17, 15) is 4.79 Å². The molecule has 0 bridgehead atoms. The molecule has 6 nitrogen and oxygen atoms in total. The number of rotatable bonds is 7. The van der Waals surface area contributed by atoms with Crippen LogP contribution in [0.1, 0.15) is 39.0 Å². The van der Waals surface area contributed by atoms with Crippen molar-refractivity contribution in [3.8, 4) is 11.5 Å². The molecule has 0 saturated heterocycles. The first kappa shape index (κ1) is 17.7. The summed E-state index contributed by atoms with van der Waals surface area (Å²) in [4.78, 5) is 16.2. The average Bonchev–Trinajstić information content (AvgIpc) is 3.12. The zero-order chi connectivity index (χ0) is 17.5. The van der Waals surface area contributed by atoms with E-state index in [1.807, 2.05) is 6.92 Å². The number of nitrogens with one attached hydrogen (secondary N) is 1. The van der Waals surface area contributed by atoms with Gasteiger partial charge in [0, 0.05) is 24.5 Å². The number of carbonyl (C=O) groups excluding carboxylic acids is 1. The van der Waals surface area contributed by atoms with Crippen LogP contribution in [-0.4, -0.2) is 32.9 Å². The first-order valence-electron chi connectivity index (χ1n) is 8.58.